The molecule has 1 aromatic rings. The van der Waals surface area contributed by atoms with E-state index in [1.54, 1.807) is 6.33 Å². The largest absolute Gasteiger partial charge is 0.370 e. The number of aryl methyl sites for hydroxylation is 1. The second kappa shape index (κ2) is 8.36. The summed E-state index contributed by atoms with van der Waals surface area (Å²) in [5, 5.41) is 3.49. The summed E-state index contributed by atoms with van der Waals surface area (Å²) in [4.78, 5) is 8.87. The van der Waals surface area contributed by atoms with Gasteiger partial charge in [-0.1, -0.05) is 19.3 Å². The van der Waals surface area contributed by atoms with Gasteiger partial charge < -0.3 is 5.32 Å². The summed E-state index contributed by atoms with van der Waals surface area (Å²) in [6.45, 7) is 1.01. The molecule has 106 valence electrons. The Kier molecular flexibility index (Phi) is 6.42. The van der Waals surface area contributed by atoms with Crippen LogP contribution in [0.2, 0.25) is 0 Å². The van der Waals surface area contributed by atoms with Gasteiger partial charge >= 0.3 is 0 Å². The molecular formula is C15H24ClN3. The lowest BCUT2D eigenvalue weighted by Gasteiger charge is -2.12. The van der Waals surface area contributed by atoms with Crippen LogP contribution in [0.3, 0.4) is 0 Å². The lowest BCUT2D eigenvalue weighted by atomic mass is 10.1. The van der Waals surface area contributed by atoms with Gasteiger partial charge in [0, 0.05) is 23.7 Å². The third-order valence-electron chi connectivity index (χ3n) is 3.73. The summed E-state index contributed by atoms with van der Waals surface area (Å²) in [5.74, 6) is 1.86. The van der Waals surface area contributed by atoms with E-state index >= 15 is 0 Å². The highest BCUT2D eigenvalue weighted by Crippen LogP contribution is 2.23. The monoisotopic (exact) mass is 281 g/mol. The molecule has 0 fully saturated rings. The standard InChI is InChI=1S/C15H24ClN3/c16-10-6-1-2-7-11-17-15-13-8-4-3-5-9-14(13)18-12-19-15/h12H,1-11H2,(H,17,18,19). The molecule has 0 aliphatic heterocycles. The smallest absolute Gasteiger partial charge is 0.132 e. The number of fused-ring (bicyclic) bond motifs is 1. The number of hydrogen-bond donors (Lipinski definition) is 1. The van der Waals surface area contributed by atoms with Crippen LogP contribution in [0.4, 0.5) is 5.82 Å². The van der Waals surface area contributed by atoms with Gasteiger partial charge in [-0.2, -0.15) is 0 Å². The van der Waals surface area contributed by atoms with Crippen LogP contribution in [0, 0.1) is 0 Å². The molecule has 0 atom stereocenters. The maximum atomic E-state index is 5.67. The Hall–Kier alpha value is -0.830. The van der Waals surface area contributed by atoms with E-state index in [4.69, 9.17) is 11.6 Å². The van der Waals surface area contributed by atoms with E-state index in [1.807, 2.05) is 0 Å². The van der Waals surface area contributed by atoms with Gasteiger partial charge in [-0.3, -0.25) is 0 Å². The van der Waals surface area contributed by atoms with E-state index in [9.17, 15) is 0 Å². The molecule has 0 bridgehead atoms. The van der Waals surface area contributed by atoms with E-state index < -0.39 is 0 Å². The van der Waals surface area contributed by atoms with Gasteiger partial charge in [0.25, 0.3) is 0 Å². The van der Waals surface area contributed by atoms with Crippen molar-refractivity contribution in [1.29, 1.82) is 0 Å². The van der Waals surface area contributed by atoms with Crippen LogP contribution in [0.15, 0.2) is 6.33 Å². The molecule has 0 saturated heterocycles. The summed E-state index contributed by atoms with van der Waals surface area (Å²) in [6, 6.07) is 0. The van der Waals surface area contributed by atoms with Gasteiger partial charge in [0.05, 0.1) is 0 Å². The van der Waals surface area contributed by atoms with Crippen LogP contribution >= 0.6 is 11.6 Å². The van der Waals surface area contributed by atoms with Crippen LogP contribution in [-0.2, 0) is 12.8 Å². The summed E-state index contributed by atoms with van der Waals surface area (Å²) in [7, 11) is 0. The highest BCUT2D eigenvalue weighted by molar-refractivity contribution is 6.17. The first-order valence-electron chi connectivity index (χ1n) is 7.54. The molecule has 2 rings (SSSR count). The van der Waals surface area contributed by atoms with Crippen LogP contribution < -0.4 is 5.32 Å². The van der Waals surface area contributed by atoms with Crippen molar-refractivity contribution in [2.24, 2.45) is 0 Å². The van der Waals surface area contributed by atoms with Crippen molar-refractivity contribution in [2.45, 2.75) is 57.8 Å². The van der Waals surface area contributed by atoms with Crippen LogP contribution in [0.1, 0.15) is 56.2 Å². The molecule has 1 aliphatic carbocycles. The Labute approximate surface area is 121 Å². The number of rotatable bonds is 7. The molecule has 0 saturated carbocycles. The molecule has 1 heterocycles. The van der Waals surface area contributed by atoms with Crippen LogP contribution in [-0.4, -0.2) is 22.4 Å². The van der Waals surface area contributed by atoms with E-state index in [2.05, 4.69) is 15.3 Å². The molecule has 0 unspecified atom stereocenters. The topological polar surface area (TPSA) is 37.8 Å². The fraction of sp³-hybridized carbons (Fsp3) is 0.733. The highest BCUT2D eigenvalue weighted by Gasteiger charge is 2.13. The van der Waals surface area contributed by atoms with Crippen LogP contribution in [0.5, 0.6) is 0 Å². The molecular weight excluding hydrogens is 258 g/mol. The molecule has 1 aromatic heterocycles. The number of halogens is 1. The average molecular weight is 282 g/mol. The normalized spacial score (nSPS) is 14.8. The van der Waals surface area contributed by atoms with Gasteiger partial charge in [-0.05, 0) is 38.5 Å². The zero-order valence-electron chi connectivity index (χ0n) is 11.6. The maximum Gasteiger partial charge on any atom is 0.132 e. The zero-order chi connectivity index (χ0) is 13.3. The van der Waals surface area contributed by atoms with Gasteiger partial charge in [0.2, 0.25) is 0 Å². The molecule has 19 heavy (non-hydrogen) atoms. The van der Waals surface area contributed by atoms with E-state index in [1.165, 1.54) is 49.8 Å². The summed E-state index contributed by atoms with van der Waals surface area (Å²) in [6.07, 6.45) is 12.6. The second-order valence-corrected chi connectivity index (χ2v) is 5.62. The molecule has 1 aliphatic rings. The van der Waals surface area contributed by atoms with E-state index in [0.29, 0.717) is 0 Å². The maximum absolute atomic E-state index is 5.67. The zero-order valence-corrected chi connectivity index (χ0v) is 12.4. The number of alkyl halides is 1. The SMILES string of the molecule is ClCCCCCCNc1ncnc2c1CCCCC2. The Morgan fingerprint density at radius 3 is 2.74 bits per heavy atom. The minimum absolute atomic E-state index is 0.785. The first kappa shape index (κ1) is 14.6. The minimum atomic E-state index is 0.785. The Balaban J connectivity index is 1.83. The van der Waals surface area contributed by atoms with Crippen molar-refractivity contribution < 1.29 is 0 Å². The lowest BCUT2D eigenvalue weighted by Crippen LogP contribution is -2.09. The van der Waals surface area contributed by atoms with Crippen molar-refractivity contribution in [2.75, 3.05) is 17.7 Å². The number of aromatic nitrogens is 2. The number of hydrogen-bond acceptors (Lipinski definition) is 3. The second-order valence-electron chi connectivity index (χ2n) is 5.24. The third kappa shape index (κ3) is 4.64. The third-order valence-corrected chi connectivity index (χ3v) is 4.00. The van der Waals surface area contributed by atoms with Crippen LogP contribution in [0.25, 0.3) is 0 Å². The Morgan fingerprint density at radius 1 is 1.00 bits per heavy atom. The molecule has 0 spiro atoms. The van der Waals surface area contributed by atoms with E-state index in [-0.39, 0.29) is 0 Å². The van der Waals surface area contributed by atoms with Gasteiger partial charge in [-0.15, -0.1) is 11.6 Å². The fourth-order valence-corrected chi connectivity index (χ4v) is 2.82. The number of unbranched alkanes of at least 4 members (excludes halogenated alkanes) is 3. The van der Waals surface area contributed by atoms with Gasteiger partial charge in [0.1, 0.15) is 12.1 Å². The molecule has 0 amide bonds. The van der Waals surface area contributed by atoms with Crippen molar-refractivity contribution in [3.63, 3.8) is 0 Å². The highest BCUT2D eigenvalue weighted by atomic mass is 35.5. The summed E-state index contributed by atoms with van der Waals surface area (Å²) in [5.41, 5.74) is 2.62. The van der Waals surface area contributed by atoms with Crippen molar-refractivity contribution in [1.82, 2.24) is 9.97 Å². The lowest BCUT2D eigenvalue weighted by molar-refractivity contribution is 0.685. The van der Waals surface area contributed by atoms with Crippen molar-refractivity contribution in [3.8, 4) is 0 Å². The number of nitrogens with zero attached hydrogens (tertiary/aromatic N) is 2. The van der Waals surface area contributed by atoms with E-state index in [0.717, 1.165) is 37.5 Å². The minimum Gasteiger partial charge on any atom is -0.370 e. The average Bonchev–Trinajstić information content (AvgIpc) is 2.68. The summed E-state index contributed by atoms with van der Waals surface area (Å²) < 4.78 is 0. The molecule has 3 nitrogen and oxygen atoms in total. The first-order valence-corrected chi connectivity index (χ1v) is 8.08. The Morgan fingerprint density at radius 2 is 1.84 bits per heavy atom. The quantitative estimate of drug-likeness (QED) is 0.467. The first-order chi connectivity index (χ1) is 9.42. The fourth-order valence-electron chi connectivity index (χ4n) is 2.63. The predicted molar refractivity (Wildman–Crippen MR) is 81.0 cm³/mol. The van der Waals surface area contributed by atoms with Crippen molar-refractivity contribution in [3.05, 3.63) is 17.6 Å². The molecule has 4 heteroatoms. The summed E-state index contributed by atoms with van der Waals surface area (Å²) >= 11 is 5.67. The molecule has 0 aromatic carbocycles. The molecule has 1 N–H and O–H groups in total. The Bertz CT molecular complexity index is 382. The number of anilines is 1. The number of nitrogens with one attached hydrogen (secondary N) is 1. The van der Waals surface area contributed by atoms with Gasteiger partial charge in [-0.25, -0.2) is 9.97 Å². The van der Waals surface area contributed by atoms with Gasteiger partial charge in [0.15, 0.2) is 0 Å². The molecule has 0 radical (unpaired) electrons. The predicted octanol–water partition coefficient (Wildman–Crippen LogP) is 3.96. The van der Waals surface area contributed by atoms with Crippen molar-refractivity contribution >= 4 is 17.4 Å².